The summed E-state index contributed by atoms with van der Waals surface area (Å²) in [5.41, 5.74) is -0.799. The molecule has 124 valence electrons. The van der Waals surface area contributed by atoms with E-state index in [9.17, 15) is 9.59 Å². The molecule has 0 rings (SSSR count). The molecule has 0 unspecified atom stereocenters. The SMILES string of the molecule is CC(C)(C)NC(=O)CN(CC(=O)NC(C)(C)C)C(C)(C)C. The summed E-state index contributed by atoms with van der Waals surface area (Å²) in [6.07, 6.45) is 0. The van der Waals surface area contributed by atoms with Gasteiger partial charge in [0.15, 0.2) is 0 Å². The van der Waals surface area contributed by atoms with Crippen molar-refractivity contribution in [1.82, 2.24) is 15.5 Å². The normalized spacial score (nSPS) is 13.2. The second-order valence-corrected chi connectivity index (χ2v) is 8.62. The molecule has 2 N–H and O–H groups in total. The zero-order valence-electron chi connectivity index (χ0n) is 15.2. The zero-order chi connectivity index (χ0) is 17.1. The number of amides is 2. The Kier molecular flexibility index (Phi) is 6.42. The van der Waals surface area contributed by atoms with Crippen LogP contribution >= 0.6 is 0 Å². The molecular formula is C16H33N3O2. The van der Waals surface area contributed by atoms with Crippen LogP contribution in [0.1, 0.15) is 62.3 Å². The molecular weight excluding hydrogens is 266 g/mol. The summed E-state index contributed by atoms with van der Waals surface area (Å²) in [7, 11) is 0. The number of carbonyl (C=O) groups is 2. The largest absolute Gasteiger partial charge is 0.350 e. The molecule has 0 saturated carbocycles. The first kappa shape index (κ1) is 19.9. The molecule has 0 heterocycles. The average Bonchev–Trinajstić information content (AvgIpc) is 2.07. The fourth-order valence-corrected chi connectivity index (χ4v) is 1.79. The lowest BCUT2D eigenvalue weighted by Gasteiger charge is -2.36. The summed E-state index contributed by atoms with van der Waals surface area (Å²) in [4.78, 5) is 26.1. The van der Waals surface area contributed by atoms with Crippen molar-refractivity contribution in [1.29, 1.82) is 0 Å². The third-order valence-electron chi connectivity index (χ3n) is 2.65. The molecule has 5 nitrogen and oxygen atoms in total. The molecule has 0 aliphatic heterocycles. The monoisotopic (exact) mass is 299 g/mol. The van der Waals surface area contributed by atoms with Gasteiger partial charge in [0.2, 0.25) is 11.8 Å². The number of nitrogens with zero attached hydrogens (tertiary/aromatic N) is 1. The number of hydrogen-bond donors (Lipinski definition) is 2. The molecule has 21 heavy (non-hydrogen) atoms. The highest BCUT2D eigenvalue weighted by Crippen LogP contribution is 2.13. The maximum absolute atomic E-state index is 12.1. The van der Waals surface area contributed by atoms with Crippen LogP contribution in [0.4, 0.5) is 0 Å². The molecule has 0 atom stereocenters. The van der Waals surface area contributed by atoms with Crippen molar-refractivity contribution in [3.63, 3.8) is 0 Å². The van der Waals surface area contributed by atoms with Crippen LogP contribution in [0.15, 0.2) is 0 Å². The second-order valence-electron chi connectivity index (χ2n) is 8.62. The molecule has 2 amide bonds. The van der Waals surface area contributed by atoms with E-state index < -0.39 is 0 Å². The number of hydrogen-bond acceptors (Lipinski definition) is 3. The Morgan fingerprint density at radius 2 is 1.00 bits per heavy atom. The quantitative estimate of drug-likeness (QED) is 0.833. The molecule has 0 radical (unpaired) electrons. The Bertz CT molecular complexity index is 340. The summed E-state index contributed by atoms with van der Waals surface area (Å²) in [5, 5.41) is 5.86. The van der Waals surface area contributed by atoms with Gasteiger partial charge in [-0.2, -0.15) is 0 Å². The molecule has 0 aromatic carbocycles. The average molecular weight is 299 g/mol. The van der Waals surface area contributed by atoms with E-state index in [-0.39, 0.29) is 41.5 Å². The van der Waals surface area contributed by atoms with Crippen LogP contribution in [-0.2, 0) is 9.59 Å². The van der Waals surface area contributed by atoms with E-state index in [1.807, 2.05) is 67.2 Å². The molecule has 0 fully saturated rings. The molecule has 0 aliphatic rings. The van der Waals surface area contributed by atoms with Crippen LogP contribution in [0.5, 0.6) is 0 Å². The Hall–Kier alpha value is -1.10. The Morgan fingerprint density at radius 3 is 1.19 bits per heavy atom. The first-order valence-corrected chi connectivity index (χ1v) is 7.47. The van der Waals surface area contributed by atoms with Crippen molar-refractivity contribution in [2.75, 3.05) is 13.1 Å². The molecule has 0 saturated heterocycles. The summed E-state index contributed by atoms with van der Waals surface area (Å²) < 4.78 is 0. The zero-order valence-corrected chi connectivity index (χ0v) is 15.2. The molecule has 0 aromatic heterocycles. The Morgan fingerprint density at radius 1 is 0.714 bits per heavy atom. The van der Waals surface area contributed by atoms with Crippen LogP contribution in [0.25, 0.3) is 0 Å². The van der Waals surface area contributed by atoms with Gasteiger partial charge < -0.3 is 10.6 Å². The summed E-state index contributed by atoms with van der Waals surface area (Å²) in [6.45, 7) is 18.1. The van der Waals surface area contributed by atoms with E-state index in [0.717, 1.165) is 0 Å². The number of nitrogens with one attached hydrogen (secondary N) is 2. The molecule has 0 spiro atoms. The first-order chi connectivity index (χ1) is 9.10. The van der Waals surface area contributed by atoms with Crippen molar-refractivity contribution in [2.45, 2.75) is 78.9 Å². The Labute approximate surface area is 129 Å². The lowest BCUT2D eigenvalue weighted by atomic mass is 10.0. The van der Waals surface area contributed by atoms with Gasteiger partial charge in [-0.05, 0) is 62.3 Å². The highest BCUT2D eigenvalue weighted by atomic mass is 16.2. The molecule has 0 bridgehead atoms. The second kappa shape index (κ2) is 6.77. The van der Waals surface area contributed by atoms with Gasteiger partial charge in [-0.15, -0.1) is 0 Å². The number of rotatable bonds is 4. The minimum absolute atomic E-state index is 0.0685. The minimum Gasteiger partial charge on any atom is -0.350 e. The Balaban J connectivity index is 4.77. The maximum Gasteiger partial charge on any atom is 0.234 e. The van der Waals surface area contributed by atoms with Crippen LogP contribution < -0.4 is 10.6 Å². The topological polar surface area (TPSA) is 61.4 Å². The van der Waals surface area contributed by atoms with Gasteiger partial charge in [-0.25, -0.2) is 0 Å². The van der Waals surface area contributed by atoms with Crippen molar-refractivity contribution in [3.8, 4) is 0 Å². The summed E-state index contributed by atoms with van der Waals surface area (Å²) in [6, 6.07) is 0. The highest BCUT2D eigenvalue weighted by molar-refractivity contribution is 5.82. The predicted molar refractivity (Wildman–Crippen MR) is 87.1 cm³/mol. The first-order valence-electron chi connectivity index (χ1n) is 7.47. The lowest BCUT2D eigenvalue weighted by molar-refractivity contribution is -0.128. The molecule has 0 aliphatic carbocycles. The van der Waals surface area contributed by atoms with Crippen LogP contribution in [-0.4, -0.2) is 46.4 Å². The van der Waals surface area contributed by atoms with E-state index in [4.69, 9.17) is 0 Å². The standard InChI is InChI=1S/C16H33N3O2/c1-14(2,3)17-12(20)10-19(16(7,8)9)11-13(21)18-15(4,5)6/h10-11H2,1-9H3,(H,17,20)(H,18,21). The van der Waals surface area contributed by atoms with Crippen LogP contribution in [0.2, 0.25) is 0 Å². The van der Waals surface area contributed by atoms with E-state index in [0.29, 0.717) is 0 Å². The highest BCUT2D eigenvalue weighted by Gasteiger charge is 2.28. The third kappa shape index (κ3) is 10.3. The summed E-state index contributed by atoms with van der Waals surface area (Å²) >= 11 is 0. The van der Waals surface area contributed by atoms with Crippen molar-refractivity contribution >= 4 is 11.8 Å². The summed E-state index contributed by atoms with van der Waals surface area (Å²) in [5.74, 6) is -0.137. The van der Waals surface area contributed by atoms with Crippen LogP contribution in [0.3, 0.4) is 0 Å². The van der Waals surface area contributed by atoms with E-state index in [2.05, 4.69) is 10.6 Å². The van der Waals surface area contributed by atoms with Gasteiger partial charge in [0.05, 0.1) is 13.1 Å². The van der Waals surface area contributed by atoms with E-state index in [1.165, 1.54) is 0 Å². The smallest absolute Gasteiger partial charge is 0.234 e. The van der Waals surface area contributed by atoms with Gasteiger partial charge in [0, 0.05) is 16.6 Å². The lowest BCUT2D eigenvalue weighted by Crippen LogP contribution is -2.54. The van der Waals surface area contributed by atoms with Crippen molar-refractivity contribution < 1.29 is 9.59 Å². The van der Waals surface area contributed by atoms with Gasteiger partial charge in [0.1, 0.15) is 0 Å². The van der Waals surface area contributed by atoms with E-state index >= 15 is 0 Å². The fourth-order valence-electron chi connectivity index (χ4n) is 1.79. The maximum atomic E-state index is 12.1. The van der Waals surface area contributed by atoms with Gasteiger partial charge in [-0.3, -0.25) is 14.5 Å². The van der Waals surface area contributed by atoms with Gasteiger partial charge >= 0.3 is 0 Å². The fraction of sp³-hybridized carbons (Fsp3) is 0.875. The molecule has 5 heteroatoms. The minimum atomic E-state index is -0.270. The van der Waals surface area contributed by atoms with Crippen molar-refractivity contribution in [2.24, 2.45) is 0 Å². The van der Waals surface area contributed by atoms with Gasteiger partial charge in [0.25, 0.3) is 0 Å². The predicted octanol–water partition coefficient (Wildman–Crippen LogP) is 1.92. The van der Waals surface area contributed by atoms with Gasteiger partial charge in [-0.1, -0.05) is 0 Å². The van der Waals surface area contributed by atoms with Crippen LogP contribution in [0, 0.1) is 0 Å². The molecule has 0 aromatic rings. The van der Waals surface area contributed by atoms with Crippen molar-refractivity contribution in [3.05, 3.63) is 0 Å². The third-order valence-corrected chi connectivity index (χ3v) is 2.65. The van der Waals surface area contributed by atoms with E-state index in [1.54, 1.807) is 0 Å². The number of carbonyl (C=O) groups excluding carboxylic acids is 2.